The summed E-state index contributed by atoms with van der Waals surface area (Å²) in [6, 6.07) is 0. The molecule has 0 aliphatic carbocycles. The Labute approximate surface area is 80.0 Å². The van der Waals surface area contributed by atoms with E-state index in [1.165, 1.54) is 17.2 Å². The van der Waals surface area contributed by atoms with Crippen molar-refractivity contribution in [3.63, 3.8) is 0 Å². The van der Waals surface area contributed by atoms with Crippen LogP contribution in [-0.4, -0.2) is 39.6 Å². The Balaban J connectivity index is 2.70. The van der Waals surface area contributed by atoms with Gasteiger partial charge in [-0.1, -0.05) is 0 Å². The van der Waals surface area contributed by atoms with Gasteiger partial charge in [-0.3, -0.25) is 0 Å². The predicted molar refractivity (Wildman–Crippen MR) is 44.1 cm³/mol. The fourth-order valence-electron chi connectivity index (χ4n) is 1.27. The van der Waals surface area contributed by atoms with E-state index >= 15 is 0 Å². The first kappa shape index (κ1) is 9.57. The molecule has 1 aliphatic heterocycles. The second kappa shape index (κ2) is 3.08. The quantitative estimate of drug-likeness (QED) is 0.646. The van der Waals surface area contributed by atoms with Crippen LogP contribution in [0.2, 0.25) is 0 Å². The van der Waals surface area contributed by atoms with E-state index in [9.17, 15) is 0 Å². The second-order valence-electron chi connectivity index (χ2n) is 4.03. The first-order chi connectivity index (χ1) is 4.93. The molecule has 0 aromatic heterocycles. The van der Waals surface area contributed by atoms with Crippen LogP contribution in [0.3, 0.4) is 0 Å². The standard InChI is InChI=1S/C8H16N2.W/c1-8(2,3)10-6-5-9(4)7-10;/h5-6H2,1-4H3;. The molecule has 0 bridgehead atoms. The number of hydrogen-bond donors (Lipinski definition) is 0. The third-order valence-electron chi connectivity index (χ3n) is 2.03. The summed E-state index contributed by atoms with van der Waals surface area (Å²) < 4.78 is 1.48. The maximum atomic E-state index is 2.49. The summed E-state index contributed by atoms with van der Waals surface area (Å²) in [6.45, 7) is 9.20. The molecule has 0 aromatic carbocycles. The summed E-state index contributed by atoms with van der Waals surface area (Å²) in [5, 5.41) is 0. The minimum absolute atomic E-state index is 0.307. The third kappa shape index (κ3) is 1.99. The molecule has 0 spiro atoms. The molecule has 0 atom stereocenters. The second-order valence-corrected chi connectivity index (χ2v) is 5.34. The van der Waals surface area contributed by atoms with E-state index in [-0.39, 0.29) is 0 Å². The van der Waals surface area contributed by atoms with Gasteiger partial charge in [0.05, 0.1) is 0 Å². The van der Waals surface area contributed by atoms with Gasteiger partial charge in [0.2, 0.25) is 0 Å². The molecule has 2 nitrogen and oxygen atoms in total. The SMILES string of the molecule is CN1CCN(C(C)(C)C)[C]1=[W]. The summed E-state index contributed by atoms with van der Waals surface area (Å²) in [6.07, 6.45) is 0. The van der Waals surface area contributed by atoms with Crippen LogP contribution in [0.1, 0.15) is 20.8 Å². The Hall–Kier alpha value is 0.478. The first-order valence-electron chi connectivity index (χ1n) is 3.95. The Kier molecular flexibility index (Phi) is 2.68. The summed E-state index contributed by atoms with van der Waals surface area (Å²) in [5.41, 5.74) is 0.307. The summed E-state index contributed by atoms with van der Waals surface area (Å²) in [5.74, 6) is 0. The zero-order chi connectivity index (χ0) is 8.65. The van der Waals surface area contributed by atoms with Crippen molar-refractivity contribution in [1.29, 1.82) is 0 Å². The third-order valence-corrected chi connectivity index (χ3v) is 3.94. The molecule has 0 aromatic rings. The van der Waals surface area contributed by atoms with Crippen LogP contribution in [-0.2, 0) is 19.4 Å². The molecule has 0 saturated carbocycles. The van der Waals surface area contributed by atoms with E-state index in [1.807, 2.05) is 0 Å². The number of nitrogens with zero attached hydrogens (tertiary/aromatic N) is 2. The summed E-state index contributed by atoms with van der Waals surface area (Å²) in [4.78, 5) is 4.84. The van der Waals surface area contributed by atoms with Gasteiger partial charge in [0, 0.05) is 0 Å². The Bertz CT molecular complexity index is 171. The molecule has 0 amide bonds. The van der Waals surface area contributed by atoms with E-state index in [2.05, 4.69) is 37.6 Å². The van der Waals surface area contributed by atoms with Crippen molar-refractivity contribution in [1.82, 2.24) is 9.80 Å². The average Bonchev–Trinajstić information content (AvgIpc) is 2.11. The number of hydrogen-bond acceptors (Lipinski definition) is 2. The fourth-order valence-corrected chi connectivity index (χ4v) is 2.91. The van der Waals surface area contributed by atoms with Crippen molar-refractivity contribution >= 4 is 4.15 Å². The van der Waals surface area contributed by atoms with E-state index in [1.54, 1.807) is 19.4 Å². The zero-order valence-corrected chi connectivity index (χ0v) is 10.7. The molecule has 3 heteroatoms. The molecule has 0 N–H and O–H groups in total. The van der Waals surface area contributed by atoms with Crippen LogP contribution in [0.25, 0.3) is 0 Å². The van der Waals surface area contributed by atoms with E-state index in [0.29, 0.717) is 5.54 Å². The molecule has 1 fully saturated rings. The van der Waals surface area contributed by atoms with E-state index in [4.69, 9.17) is 0 Å². The fraction of sp³-hybridized carbons (Fsp3) is 0.875. The van der Waals surface area contributed by atoms with Crippen LogP contribution in [0.4, 0.5) is 0 Å². The molecular formula is C8H16N2W. The summed E-state index contributed by atoms with van der Waals surface area (Å²) >= 11 is 1.58. The van der Waals surface area contributed by atoms with E-state index < -0.39 is 0 Å². The molecule has 0 radical (unpaired) electrons. The van der Waals surface area contributed by atoms with Crippen LogP contribution < -0.4 is 0 Å². The molecule has 1 aliphatic rings. The van der Waals surface area contributed by atoms with Crippen LogP contribution in [0.15, 0.2) is 0 Å². The topological polar surface area (TPSA) is 6.48 Å². The molecule has 1 saturated heterocycles. The van der Waals surface area contributed by atoms with Crippen molar-refractivity contribution in [2.75, 3.05) is 20.1 Å². The molecule has 64 valence electrons. The van der Waals surface area contributed by atoms with Crippen molar-refractivity contribution in [3.8, 4) is 0 Å². The van der Waals surface area contributed by atoms with Gasteiger partial charge in [-0.2, -0.15) is 0 Å². The van der Waals surface area contributed by atoms with Gasteiger partial charge < -0.3 is 0 Å². The Morgan fingerprint density at radius 3 is 2.00 bits per heavy atom. The van der Waals surface area contributed by atoms with Crippen molar-refractivity contribution < 1.29 is 19.4 Å². The average molecular weight is 324 g/mol. The van der Waals surface area contributed by atoms with Crippen molar-refractivity contribution in [2.45, 2.75) is 26.3 Å². The van der Waals surface area contributed by atoms with Gasteiger partial charge >= 0.3 is 79.7 Å². The van der Waals surface area contributed by atoms with Crippen molar-refractivity contribution in [2.24, 2.45) is 0 Å². The monoisotopic (exact) mass is 324 g/mol. The first-order valence-corrected chi connectivity index (χ1v) is 5.42. The molecule has 11 heavy (non-hydrogen) atoms. The van der Waals surface area contributed by atoms with Crippen LogP contribution in [0.5, 0.6) is 0 Å². The number of rotatable bonds is 0. The Morgan fingerprint density at radius 1 is 1.27 bits per heavy atom. The van der Waals surface area contributed by atoms with Crippen molar-refractivity contribution in [3.05, 3.63) is 0 Å². The van der Waals surface area contributed by atoms with Gasteiger partial charge in [0.1, 0.15) is 0 Å². The number of likely N-dealkylation sites (N-methyl/N-ethyl adjacent to an activating group) is 1. The van der Waals surface area contributed by atoms with Gasteiger partial charge in [-0.05, 0) is 0 Å². The van der Waals surface area contributed by atoms with Crippen LogP contribution >= 0.6 is 0 Å². The molecular weight excluding hydrogens is 308 g/mol. The summed E-state index contributed by atoms with van der Waals surface area (Å²) in [7, 11) is 2.17. The minimum atomic E-state index is 0.307. The normalized spacial score (nSPS) is 23.1. The van der Waals surface area contributed by atoms with Crippen LogP contribution in [0, 0.1) is 0 Å². The predicted octanol–water partition coefficient (Wildman–Crippen LogP) is 0.666. The van der Waals surface area contributed by atoms with Gasteiger partial charge in [-0.15, -0.1) is 0 Å². The Morgan fingerprint density at radius 2 is 1.82 bits per heavy atom. The van der Waals surface area contributed by atoms with E-state index in [0.717, 1.165) is 0 Å². The molecule has 0 unspecified atom stereocenters. The molecule has 1 heterocycles. The van der Waals surface area contributed by atoms with Gasteiger partial charge in [0.15, 0.2) is 0 Å². The van der Waals surface area contributed by atoms with Gasteiger partial charge in [-0.25, -0.2) is 0 Å². The molecule has 1 rings (SSSR count). The van der Waals surface area contributed by atoms with Gasteiger partial charge in [0.25, 0.3) is 0 Å². The zero-order valence-electron chi connectivity index (χ0n) is 7.72. The maximum absolute atomic E-state index is 2.49.